The molecule has 0 amide bonds. The third-order valence-corrected chi connectivity index (χ3v) is 3.40. The van der Waals surface area contributed by atoms with Gasteiger partial charge >= 0.3 is 5.97 Å². The number of carbonyl (C=O) groups excluding carboxylic acids is 1. The van der Waals surface area contributed by atoms with Crippen LogP contribution in [0, 0.1) is 0 Å². The highest BCUT2D eigenvalue weighted by Gasteiger charge is 2.08. The van der Waals surface area contributed by atoms with Crippen molar-refractivity contribution >= 4 is 11.7 Å². The molecule has 2 rings (SSSR count). The topological polar surface area (TPSA) is 47.6 Å². The molecule has 2 aromatic rings. The van der Waals surface area contributed by atoms with Crippen LogP contribution in [0.3, 0.4) is 0 Å². The molecule has 0 aliphatic carbocycles. The average molecular weight is 325 g/mol. The van der Waals surface area contributed by atoms with Gasteiger partial charge < -0.3 is 4.74 Å². The van der Waals surface area contributed by atoms with Crippen molar-refractivity contribution in [2.45, 2.75) is 25.9 Å². The number of benzene rings is 2. The van der Waals surface area contributed by atoms with Gasteiger partial charge in [0, 0.05) is 6.08 Å². The second-order valence-electron chi connectivity index (χ2n) is 5.26. The molecular weight excluding hydrogens is 302 g/mol. The maximum Gasteiger partial charge on any atom is 0.330 e. The molecule has 0 aromatic heterocycles. The number of ether oxygens (including phenoxy) is 1. The van der Waals surface area contributed by atoms with Crippen LogP contribution in [-0.4, -0.2) is 18.7 Å². The van der Waals surface area contributed by atoms with Gasteiger partial charge in [-0.1, -0.05) is 48.5 Å². The molecule has 0 aliphatic rings. The van der Waals surface area contributed by atoms with E-state index < -0.39 is 0 Å². The minimum absolute atomic E-state index is 0.241. The first kappa shape index (κ1) is 17.8. The van der Waals surface area contributed by atoms with E-state index in [1.807, 2.05) is 48.5 Å². The molecule has 24 heavy (non-hydrogen) atoms. The Morgan fingerprint density at radius 3 is 2.42 bits per heavy atom. The molecular formula is C20H23NO3. The summed E-state index contributed by atoms with van der Waals surface area (Å²) in [5, 5.41) is 0. The normalized spacial score (nSPS) is 12.0. The molecule has 0 fully saturated rings. The first-order valence-electron chi connectivity index (χ1n) is 8.13. The van der Waals surface area contributed by atoms with Crippen LogP contribution in [0.4, 0.5) is 5.69 Å². The molecule has 4 heteroatoms. The summed E-state index contributed by atoms with van der Waals surface area (Å²) >= 11 is 0. The van der Waals surface area contributed by atoms with E-state index in [1.165, 1.54) is 11.6 Å². The van der Waals surface area contributed by atoms with Crippen LogP contribution in [0.5, 0.6) is 0 Å². The smallest absolute Gasteiger partial charge is 0.330 e. The van der Waals surface area contributed by atoms with E-state index in [0.29, 0.717) is 6.61 Å². The number of nitrogens with one attached hydrogen (secondary N) is 1. The van der Waals surface area contributed by atoms with Gasteiger partial charge in [-0.05, 0) is 43.5 Å². The van der Waals surface area contributed by atoms with Crippen molar-refractivity contribution in [2.75, 3.05) is 12.1 Å². The highest BCUT2D eigenvalue weighted by atomic mass is 16.7. The second-order valence-corrected chi connectivity index (χ2v) is 5.26. The third kappa shape index (κ3) is 6.67. The molecule has 0 bridgehead atoms. The van der Waals surface area contributed by atoms with Gasteiger partial charge in [0.1, 0.15) is 6.10 Å². The molecule has 0 heterocycles. The lowest BCUT2D eigenvalue weighted by atomic mass is 10.1. The molecule has 1 N–H and O–H groups in total. The Balaban J connectivity index is 1.93. The number of anilines is 1. The van der Waals surface area contributed by atoms with Gasteiger partial charge in [0.2, 0.25) is 0 Å². The van der Waals surface area contributed by atoms with Crippen molar-refractivity contribution in [1.29, 1.82) is 0 Å². The van der Waals surface area contributed by atoms with E-state index in [1.54, 1.807) is 13.0 Å². The summed E-state index contributed by atoms with van der Waals surface area (Å²) in [5.41, 5.74) is 5.03. The van der Waals surface area contributed by atoms with E-state index >= 15 is 0 Å². The number of rotatable bonds is 9. The molecule has 1 atom stereocenters. The van der Waals surface area contributed by atoms with Gasteiger partial charge in [0.25, 0.3) is 0 Å². The zero-order valence-electron chi connectivity index (χ0n) is 13.9. The van der Waals surface area contributed by atoms with E-state index in [2.05, 4.69) is 17.6 Å². The van der Waals surface area contributed by atoms with E-state index in [0.717, 1.165) is 18.5 Å². The Labute approximate surface area is 143 Å². The molecule has 0 aliphatic heterocycles. The molecule has 0 radical (unpaired) electrons. The minimum Gasteiger partial charge on any atom is -0.463 e. The van der Waals surface area contributed by atoms with Crippen molar-refractivity contribution in [3.05, 3.63) is 78.4 Å². The van der Waals surface area contributed by atoms with Gasteiger partial charge in [0.05, 0.1) is 12.3 Å². The number of para-hydroxylation sites is 1. The average Bonchev–Trinajstić information content (AvgIpc) is 2.63. The summed E-state index contributed by atoms with van der Waals surface area (Å²) in [6, 6.07) is 19.8. The van der Waals surface area contributed by atoms with Gasteiger partial charge in [-0.15, -0.1) is 0 Å². The Morgan fingerprint density at radius 2 is 1.75 bits per heavy atom. The molecule has 2 aromatic carbocycles. The van der Waals surface area contributed by atoms with Crippen LogP contribution in [0.25, 0.3) is 0 Å². The molecule has 0 saturated heterocycles. The number of hydrogen-bond acceptors (Lipinski definition) is 4. The SMILES string of the molecule is CCOC(=O)/C=C/[C@H](CCc1ccccc1)ONc1ccccc1. The summed E-state index contributed by atoms with van der Waals surface area (Å²) in [7, 11) is 0. The van der Waals surface area contributed by atoms with Crippen molar-refractivity contribution < 1.29 is 14.4 Å². The van der Waals surface area contributed by atoms with Crippen molar-refractivity contribution in [2.24, 2.45) is 0 Å². The molecule has 0 spiro atoms. The van der Waals surface area contributed by atoms with Crippen LogP contribution in [0.1, 0.15) is 18.9 Å². The summed E-state index contributed by atoms with van der Waals surface area (Å²) in [6.07, 6.45) is 4.52. The maximum atomic E-state index is 11.5. The van der Waals surface area contributed by atoms with Crippen molar-refractivity contribution in [3.8, 4) is 0 Å². The van der Waals surface area contributed by atoms with Crippen LogP contribution in [0.15, 0.2) is 72.8 Å². The van der Waals surface area contributed by atoms with Crippen LogP contribution in [0.2, 0.25) is 0 Å². The Bertz CT molecular complexity index is 582. The lowest BCUT2D eigenvalue weighted by molar-refractivity contribution is -0.137. The number of esters is 1. The Kier molecular flexibility index (Phi) is 7.57. The highest BCUT2D eigenvalue weighted by molar-refractivity contribution is 5.81. The number of hydrogen-bond donors (Lipinski definition) is 1. The van der Waals surface area contributed by atoms with Gasteiger partial charge in [-0.25, -0.2) is 4.79 Å². The lowest BCUT2D eigenvalue weighted by Crippen LogP contribution is -2.16. The first-order valence-corrected chi connectivity index (χ1v) is 8.13. The van der Waals surface area contributed by atoms with Crippen LogP contribution >= 0.6 is 0 Å². The van der Waals surface area contributed by atoms with Crippen molar-refractivity contribution in [3.63, 3.8) is 0 Å². The highest BCUT2D eigenvalue weighted by Crippen LogP contribution is 2.12. The molecule has 4 nitrogen and oxygen atoms in total. The van der Waals surface area contributed by atoms with E-state index in [-0.39, 0.29) is 12.1 Å². The fourth-order valence-electron chi connectivity index (χ4n) is 2.17. The van der Waals surface area contributed by atoms with E-state index in [4.69, 9.17) is 9.57 Å². The first-order chi connectivity index (χ1) is 11.8. The zero-order valence-corrected chi connectivity index (χ0v) is 13.9. The molecule has 0 unspecified atom stereocenters. The van der Waals surface area contributed by atoms with Crippen molar-refractivity contribution in [1.82, 2.24) is 0 Å². The van der Waals surface area contributed by atoms with Crippen LogP contribution in [-0.2, 0) is 20.8 Å². The minimum atomic E-state index is -0.356. The predicted molar refractivity (Wildman–Crippen MR) is 95.5 cm³/mol. The maximum absolute atomic E-state index is 11.5. The summed E-state index contributed by atoms with van der Waals surface area (Å²) in [4.78, 5) is 17.2. The second kappa shape index (κ2) is 10.2. The molecule has 126 valence electrons. The quantitative estimate of drug-likeness (QED) is 0.427. The summed E-state index contributed by atoms with van der Waals surface area (Å²) in [6.45, 7) is 2.15. The number of carbonyl (C=O) groups is 1. The standard InChI is InChI=1S/C20H23NO3/c1-2-23-20(22)16-15-19(14-13-17-9-5-3-6-10-17)24-21-18-11-7-4-8-12-18/h3-12,15-16,19,21H,2,13-14H2,1H3/b16-15+/t19-/m0/s1. The third-order valence-electron chi connectivity index (χ3n) is 3.40. The van der Waals surface area contributed by atoms with Crippen LogP contribution < -0.4 is 5.48 Å². The zero-order chi connectivity index (χ0) is 17.0. The molecule has 0 saturated carbocycles. The van der Waals surface area contributed by atoms with Gasteiger partial charge in [0.15, 0.2) is 0 Å². The summed E-state index contributed by atoms with van der Waals surface area (Å²) in [5.74, 6) is -0.356. The lowest BCUT2D eigenvalue weighted by Gasteiger charge is -2.15. The number of aryl methyl sites for hydroxylation is 1. The Morgan fingerprint density at radius 1 is 1.08 bits per heavy atom. The monoisotopic (exact) mass is 325 g/mol. The fraction of sp³-hybridized carbons (Fsp3) is 0.250. The van der Waals surface area contributed by atoms with Gasteiger partial charge in [-0.3, -0.25) is 10.3 Å². The Hall–Kier alpha value is -2.59. The predicted octanol–water partition coefficient (Wildman–Crippen LogP) is 4.15. The van der Waals surface area contributed by atoms with E-state index in [9.17, 15) is 4.79 Å². The largest absolute Gasteiger partial charge is 0.463 e. The fourth-order valence-corrected chi connectivity index (χ4v) is 2.17. The summed E-state index contributed by atoms with van der Waals surface area (Å²) < 4.78 is 4.92. The van der Waals surface area contributed by atoms with Gasteiger partial charge in [-0.2, -0.15) is 0 Å².